The molecule has 0 amide bonds. The minimum atomic E-state index is -0.939. The molecule has 0 unspecified atom stereocenters. The third-order valence-electron chi connectivity index (χ3n) is 3.31. The molecule has 0 aliphatic rings. The topological polar surface area (TPSA) is 57.2 Å². The summed E-state index contributed by atoms with van der Waals surface area (Å²) in [5.74, 6) is -0.788. The Bertz CT molecular complexity index is 423. The number of hydrogen-bond donors (Lipinski definition) is 0. The second-order valence-electron chi connectivity index (χ2n) is 5.17. The van der Waals surface area contributed by atoms with E-state index in [1.165, 1.54) is 24.1 Å². The molecule has 0 aliphatic carbocycles. The lowest BCUT2D eigenvalue weighted by Gasteiger charge is -2.02. The average Bonchev–Trinajstić information content (AvgIpc) is 2.85. The summed E-state index contributed by atoms with van der Waals surface area (Å²) in [6.45, 7) is 1.61. The van der Waals surface area contributed by atoms with E-state index in [1.807, 2.05) is 6.07 Å². The van der Waals surface area contributed by atoms with E-state index in [4.69, 9.17) is 0 Å². The number of carbonyl (C=O) groups is 2. The van der Waals surface area contributed by atoms with Crippen LogP contribution in [-0.2, 0) is 11.2 Å². The molecule has 1 aromatic heterocycles. The summed E-state index contributed by atoms with van der Waals surface area (Å²) in [6, 6.07) is 3.97. The zero-order valence-corrected chi connectivity index (χ0v) is 13.0. The predicted molar refractivity (Wildman–Crippen MR) is 80.0 cm³/mol. The van der Waals surface area contributed by atoms with Crippen LogP contribution in [0.4, 0.5) is 0 Å². The van der Waals surface area contributed by atoms with Gasteiger partial charge in [-0.1, -0.05) is 32.1 Å². The van der Waals surface area contributed by atoms with Crippen molar-refractivity contribution in [3.63, 3.8) is 0 Å². The van der Waals surface area contributed by atoms with Crippen LogP contribution in [0.5, 0.6) is 0 Å². The Morgan fingerprint density at radius 1 is 1.00 bits per heavy atom. The highest BCUT2D eigenvalue weighted by Crippen LogP contribution is 2.19. The first-order valence-electron chi connectivity index (χ1n) is 7.39. The fraction of sp³-hybridized carbons (Fsp3) is 0.625. The van der Waals surface area contributed by atoms with E-state index < -0.39 is 5.97 Å². The van der Waals surface area contributed by atoms with Gasteiger partial charge in [-0.3, -0.25) is 4.79 Å². The van der Waals surface area contributed by atoms with Crippen molar-refractivity contribution in [2.24, 2.45) is 0 Å². The summed E-state index contributed by atoms with van der Waals surface area (Å²) in [6.07, 6.45) is 8.84. The van der Waals surface area contributed by atoms with Crippen molar-refractivity contribution in [2.45, 2.75) is 64.7 Å². The average molecular weight is 295 g/mol. The molecule has 1 rings (SSSR count). The largest absolute Gasteiger partial charge is 0.550 e. The molecule has 4 heteroatoms. The first kappa shape index (κ1) is 16.9. The molecule has 0 radical (unpaired) electrons. The van der Waals surface area contributed by atoms with Crippen molar-refractivity contribution < 1.29 is 14.7 Å². The van der Waals surface area contributed by atoms with Crippen LogP contribution < -0.4 is 5.11 Å². The SMILES string of the molecule is CC(=O)c1ccc(CCCCCCCCCC(=O)[O-])s1. The molecule has 1 heterocycles. The number of unbranched alkanes of at least 4 members (excludes halogenated alkanes) is 6. The monoisotopic (exact) mass is 295 g/mol. The summed E-state index contributed by atoms with van der Waals surface area (Å²) >= 11 is 1.61. The number of carbonyl (C=O) groups excluding carboxylic acids is 2. The first-order chi connectivity index (χ1) is 9.59. The van der Waals surface area contributed by atoms with Gasteiger partial charge >= 0.3 is 0 Å². The summed E-state index contributed by atoms with van der Waals surface area (Å²) in [7, 11) is 0. The van der Waals surface area contributed by atoms with E-state index >= 15 is 0 Å². The van der Waals surface area contributed by atoms with Gasteiger partial charge in [0.1, 0.15) is 0 Å². The van der Waals surface area contributed by atoms with Crippen molar-refractivity contribution >= 4 is 23.1 Å². The Hall–Kier alpha value is -1.16. The summed E-state index contributed by atoms with van der Waals surface area (Å²) in [5.41, 5.74) is 0. The highest BCUT2D eigenvalue weighted by Gasteiger charge is 2.03. The lowest BCUT2D eigenvalue weighted by atomic mass is 10.1. The van der Waals surface area contributed by atoms with Gasteiger partial charge in [0.15, 0.2) is 5.78 Å². The van der Waals surface area contributed by atoms with Gasteiger partial charge in [0.05, 0.1) is 4.88 Å². The maximum Gasteiger partial charge on any atom is 0.169 e. The number of hydrogen-bond acceptors (Lipinski definition) is 4. The van der Waals surface area contributed by atoms with Crippen LogP contribution in [0.15, 0.2) is 12.1 Å². The van der Waals surface area contributed by atoms with E-state index in [0.717, 1.165) is 37.0 Å². The van der Waals surface area contributed by atoms with Gasteiger partial charge in [-0.2, -0.15) is 0 Å². The fourth-order valence-electron chi connectivity index (χ4n) is 2.15. The van der Waals surface area contributed by atoms with Crippen molar-refractivity contribution in [2.75, 3.05) is 0 Å². The number of ketones is 1. The number of aryl methyl sites for hydroxylation is 1. The molecule has 0 fully saturated rings. The summed E-state index contributed by atoms with van der Waals surface area (Å²) < 4.78 is 0. The standard InChI is InChI=1S/C16H24O3S/c1-13(17)15-12-11-14(20-15)9-7-5-3-2-4-6-8-10-16(18)19/h11-12H,2-10H2,1H3,(H,18,19)/p-1. The van der Waals surface area contributed by atoms with Gasteiger partial charge in [0.2, 0.25) is 0 Å². The van der Waals surface area contributed by atoms with Crippen LogP contribution in [0.2, 0.25) is 0 Å². The van der Waals surface area contributed by atoms with Gasteiger partial charge in [0.25, 0.3) is 0 Å². The van der Waals surface area contributed by atoms with E-state index in [1.54, 1.807) is 18.3 Å². The number of carboxylic acids is 1. The van der Waals surface area contributed by atoms with Gasteiger partial charge in [-0.15, -0.1) is 11.3 Å². The van der Waals surface area contributed by atoms with Gasteiger partial charge in [-0.25, -0.2) is 0 Å². The van der Waals surface area contributed by atoms with Gasteiger partial charge in [0, 0.05) is 10.8 Å². The lowest BCUT2D eigenvalue weighted by molar-refractivity contribution is -0.305. The highest BCUT2D eigenvalue weighted by molar-refractivity contribution is 7.14. The van der Waals surface area contributed by atoms with Crippen molar-refractivity contribution in [3.05, 3.63) is 21.9 Å². The summed E-state index contributed by atoms with van der Waals surface area (Å²) in [5, 5.41) is 10.2. The molecule has 0 saturated heterocycles. The van der Waals surface area contributed by atoms with Crippen LogP contribution in [0.1, 0.15) is 72.8 Å². The minimum Gasteiger partial charge on any atom is -0.550 e. The smallest absolute Gasteiger partial charge is 0.169 e. The highest BCUT2D eigenvalue weighted by atomic mass is 32.1. The molecule has 0 N–H and O–H groups in total. The third-order valence-corrected chi connectivity index (χ3v) is 4.56. The molecule has 3 nitrogen and oxygen atoms in total. The molecule has 112 valence electrons. The number of aliphatic carboxylic acids is 1. The Kier molecular flexibility index (Phi) is 8.19. The quantitative estimate of drug-likeness (QED) is 0.464. The van der Waals surface area contributed by atoms with E-state index in [2.05, 4.69) is 6.07 Å². The Labute approximate surface area is 125 Å². The zero-order valence-electron chi connectivity index (χ0n) is 12.2. The Morgan fingerprint density at radius 2 is 1.60 bits per heavy atom. The lowest BCUT2D eigenvalue weighted by Crippen LogP contribution is -2.21. The molecule has 0 bridgehead atoms. The van der Waals surface area contributed by atoms with Crippen LogP contribution in [0.3, 0.4) is 0 Å². The minimum absolute atomic E-state index is 0.151. The van der Waals surface area contributed by atoms with E-state index in [-0.39, 0.29) is 12.2 Å². The van der Waals surface area contributed by atoms with Crippen LogP contribution in [-0.4, -0.2) is 11.8 Å². The second kappa shape index (κ2) is 9.70. The van der Waals surface area contributed by atoms with E-state index in [0.29, 0.717) is 0 Å². The Balaban J connectivity index is 1.96. The summed E-state index contributed by atoms with van der Waals surface area (Å²) in [4.78, 5) is 23.5. The van der Waals surface area contributed by atoms with Crippen molar-refractivity contribution in [1.29, 1.82) is 0 Å². The third kappa shape index (κ3) is 7.43. The number of rotatable bonds is 11. The molecule has 20 heavy (non-hydrogen) atoms. The molecular weight excluding hydrogens is 272 g/mol. The maximum atomic E-state index is 11.2. The fourth-order valence-corrected chi connectivity index (χ4v) is 3.10. The predicted octanol–water partition coefficient (Wildman–Crippen LogP) is 3.36. The molecular formula is C16H23O3S-. The number of carboxylic acid groups (broad SMARTS) is 1. The number of Topliss-reactive ketones (excluding diaryl/α,β-unsaturated/α-hetero) is 1. The van der Waals surface area contributed by atoms with Gasteiger partial charge < -0.3 is 9.90 Å². The molecule has 0 atom stereocenters. The molecule has 0 aromatic carbocycles. The maximum absolute atomic E-state index is 11.2. The van der Waals surface area contributed by atoms with Crippen LogP contribution >= 0.6 is 11.3 Å². The van der Waals surface area contributed by atoms with Gasteiger partial charge in [-0.05, 0) is 44.7 Å². The van der Waals surface area contributed by atoms with E-state index in [9.17, 15) is 14.7 Å². The van der Waals surface area contributed by atoms with Crippen LogP contribution in [0.25, 0.3) is 0 Å². The normalized spacial score (nSPS) is 10.7. The molecule has 0 saturated carbocycles. The van der Waals surface area contributed by atoms with Crippen molar-refractivity contribution in [1.82, 2.24) is 0 Å². The zero-order chi connectivity index (χ0) is 14.8. The second-order valence-corrected chi connectivity index (χ2v) is 6.34. The van der Waals surface area contributed by atoms with Crippen molar-refractivity contribution in [3.8, 4) is 0 Å². The molecule has 1 aromatic rings. The molecule has 0 spiro atoms. The van der Waals surface area contributed by atoms with Crippen LogP contribution in [0, 0.1) is 0 Å². The first-order valence-corrected chi connectivity index (χ1v) is 8.20. The number of thiophene rings is 1. The Morgan fingerprint density at radius 3 is 2.15 bits per heavy atom. The molecule has 0 aliphatic heterocycles.